The second-order valence-electron chi connectivity index (χ2n) is 7.70. The first-order chi connectivity index (χ1) is 13.1. The summed E-state index contributed by atoms with van der Waals surface area (Å²) in [6.07, 6.45) is 1.19. The SMILES string of the molecule is COc1c(C)cnc(CN(C)C(=O)C(C)Oc2cc(C)ccc2C(C)C)c1C. The molecule has 0 fully saturated rings. The van der Waals surface area contributed by atoms with Gasteiger partial charge in [0.25, 0.3) is 5.91 Å². The van der Waals surface area contributed by atoms with Gasteiger partial charge in [-0.15, -0.1) is 0 Å². The molecule has 0 saturated heterocycles. The zero-order valence-corrected chi connectivity index (χ0v) is 18.3. The molecule has 0 aliphatic carbocycles. The first-order valence-corrected chi connectivity index (χ1v) is 9.66. The number of aromatic nitrogens is 1. The number of carbonyl (C=O) groups is 1. The quantitative estimate of drug-likeness (QED) is 0.702. The van der Waals surface area contributed by atoms with E-state index in [1.807, 2.05) is 26.8 Å². The third-order valence-corrected chi connectivity index (χ3v) is 4.96. The molecule has 0 N–H and O–H groups in total. The maximum atomic E-state index is 12.9. The molecule has 2 rings (SSSR count). The molecule has 0 spiro atoms. The number of hydrogen-bond acceptors (Lipinski definition) is 4. The van der Waals surface area contributed by atoms with Gasteiger partial charge in [0.05, 0.1) is 19.3 Å². The van der Waals surface area contributed by atoms with Gasteiger partial charge in [0, 0.05) is 24.4 Å². The van der Waals surface area contributed by atoms with Crippen LogP contribution in [-0.2, 0) is 11.3 Å². The van der Waals surface area contributed by atoms with E-state index >= 15 is 0 Å². The van der Waals surface area contributed by atoms with Crippen molar-refractivity contribution in [3.05, 3.63) is 52.3 Å². The number of nitrogens with zero attached hydrogens (tertiary/aromatic N) is 2. The predicted octanol–water partition coefficient (Wildman–Crippen LogP) is 4.56. The minimum Gasteiger partial charge on any atom is -0.496 e. The molecule has 0 bridgehead atoms. The van der Waals surface area contributed by atoms with Gasteiger partial charge in [-0.2, -0.15) is 0 Å². The van der Waals surface area contributed by atoms with Gasteiger partial charge < -0.3 is 14.4 Å². The molecule has 0 aliphatic rings. The van der Waals surface area contributed by atoms with Crippen LogP contribution in [0.3, 0.4) is 0 Å². The highest BCUT2D eigenvalue weighted by Crippen LogP contribution is 2.29. The van der Waals surface area contributed by atoms with E-state index in [1.54, 1.807) is 32.2 Å². The average Bonchev–Trinajstić information content (AvgIpc) is 2.63. The lowest BCUT2D eigenvalue weighted by Gasteiger charge is -2.24. The Labute approximate surface area is 168 Å². The molecule has 0 saturated carbocycles. The number of aryl methyl sites for hydroxylation is 2. The number of benzene rings is 1. The highest BCUT2D eigenvalue weighted by atomic mass is 16.5. The summed E-state index contributed by atoms with van der Waals surface area (Å²) in [5.74, 6) is 1.83. The molecule has 5 nitrogen and oxygen atoms in total. The Balaban J connectivity index is 2.15. The fourth-order valence-electron chi connectivity index (χ4n) is 3.30. The van der Waals surface area contributed by atoms with E-state index in [0.717, 1.165) is 39.4 Å². The molecule has 1 aromatic carbocycles. The number of methoxy groups -OCH3 is 1. The molecule has 2 aromatic rings. The third-order valence-electron chi connectivity index (χ3n) is 4.96. The van der Waals surface area contributed by atoms with E-state index in [0.29, 0.717) is 12.5 Å². The van der Waals surface area contributed by atoms with Gasteiger partial charge in [-0.3, -0.25) is 9.78 Å². The summed E-state index contributed by atoms with van der Waals surface area (Å²) >= 11 is 0. The molecular weight excluding hydrogens is 352 g/mol. The minimum absolute atomic E-state index is 0.0862. The summed E-state index contributed by atoms with van der Waals surface area (Å²) in [5.41, 5.74) is 4.98. The number of ether oxygens (including phenoxy) is 2. The molecule has 1 heterocycles. The van der Waals surface area contributed by atoms with Crippen LogP contribution >= 0.6 is 0 Å². The lowest BCUT2D eigenvalue weighted by atomic mass is 10.0. The highest BCUT2D eigenvalue weighted by Gasteiger charge is 2.22. The molecule has 1 amide bonds. The van der Waals surface area contributed by atoms with Gasteiger partial charge in [0.2, 0.25) is 0 Å². The number of likely N-dealkylation sites (N-methyl/N-ethyl adjacent to an activating group) is 1. The van der Waals surface area contributed by atoms with Gasteiger partial charge in [-0.25, -0.2) is 0 Å². The molecule has 1 atom stereocenters. The van der Waals surface area contributed by atoms with Crippen molar-refractivity contribution >= 4 is 5.91 Å². The van der Waals surface area contributed by atoms with E-state index in [9.17, 15) is 4.79 Å². The van der Waals surface area contributed by atoms with E-state index in [1.165, 1.54) is 0 Å². The van der Waals surface area contributed by atoms with Gasteiger partial charge in [-0.05, 0) is 50.8 Å². The van der Waals surface area contributed by atoms with Crippen LogP contribution in [0, 0.1) is 20.8 Å². The smallest absolute Gasteiger partial charge is 0.263 e. The van der Waals surface area contributed by atoms with Crippen LogP contribution in [-0.4, -0.2) is 36.1 Å². The number of carbonyl (C=O) groups excluding carboxylic acids is 1. The number of rotatable bonds is 7. The van der Waals surface area contributed by atoms with Crippen LogP contribution in [0.25, 0.3) is 0 Å². The molecular formula is C23H32N2O3. The number of pyridine rings is 1. The fraction of sp³-hybridized carbons (Fsp3) is 0.478. The lowest BCUT2D eigenvalue weighted by molar-refractivity contribution is -0.137. The molecule has 5 heteroatoms. The van der Waals surface area contributed by atoms with Crippen molar-refractivity contribution in [2.24, 2.45) is 0 Å². The number of hydrogen-bond donors (Lipinski definition) is 0. The fourth-order valence-corrected chi connectivity index (χ4v) is 3.30. The first-order valence-electron chi connectivity index (χ1n) is 9.66. The molecule has 1 aromatic heterocycles. The van der Waals surface area contributed by atoms with Crippen LogP contribution in [0.2, 0.25) is 0 Å². The Kier molecular flexibility index (Phi) is 7.05. The van der Waals surface area contributed by atoms with Crippen LogP contribution in [0.15, 0.2) is 24.4 Å². The second-order valence-corrected chi connectivity index (χ2v) is 7.70. The van der Waals surface area contributed by atoms with Crippen molar-refractivity contribution in [2.45, 2.75) is 60.1 Å². The zero-order valence-electron chi connectivity index (χ0n) is 18.3. The van der Waals surface area contributed by atoms with Crippen molar-refractivity contribution in [2.75, 3.05) is 14.2 Å². The summed E-state index contributed by atoms with van der Waals surface area (Å²) in [5, 5.41) is 0. The van der Waals surface area contributed by atoms with Crippen LogP contribution in [0.4, 0.5) is 0 Å². The maximum absolute atomic E-state index is 12.9. The average molecular weight is 385 g/mol. The van der Waals surface area contributed by atoms with Crippen molar-refractivity contribution in [1.82, 2.24) is 9.88 Å². The van der Waals surface area contributed by atoms with Crippen molar-refractivity contribution in [3.63, 3.8) is 0 Å². The molecule has 0 radical (unpaired) electrons. The maximum Gasteiger partial charge on any atom is 0.263 e. The normalized spacial score (nSPS) is 12.0. The molecule has 152 valence electrons. The zero-order chi connectivity index (χ0) is 21.0. The van der Waals surface area contributed by atoms with E-state index in [4.69, 9.17) is 9.47 Å². The summed E-state index contributed by atoms with van der Waals surface area (Å²) in [6.45, 7) is 12.4. The summed E-state index contributed by atoms with van der Waals surface area (Å²) in [7, 11) is 3.42. The van der Waals surface area contributed by atoms with Gasteiger partial charge in [0.1, 0.15) is 11.5 Å². The first kappa shape index (κ1) is 21.7. The van der Waals surface area contributed by atoms with Crippen molar-refractivity contribution in [1.29, 1.82) is 0 Å². The Bertz CT molecular complexity index is 846. The topological polar surface area (TPSA) is 51.7 Å². The third kappa shape index (κ3) is 4.83. The van der Waals surface area contributed by atoms with Crippen LogP contribution in [0.1, 0.15) is 54.6 Å². The standard InChI is InChI=1S/C23H32N2O3/c1-14(2)19-10-9-15(3)11-21(19)28-18(6)23(26)25(7)13-20-17(5)22(27-8)16(4)12-24-20/h9-12,14,18H,13H2,1-8H3. The van der Waals surface area contributed by atoms with E-state index < -0.39 is 6.10 Å². The molecule has 0 aliphatic heterocycles. The summed E-state index contributed by atoms with van der Waals surface area (Å²) in [6, 6.07) is 6.14. The van der Waals surface area contributed by atoms with Crippen LogP contribution in [0.5, 0.6) is 11.5 Å². The Morgan fingerprint density at radius 1 is 1.18 bits per heavy atom. The highest BCUT2D eigenvalue weighted by molar-refractivity contribution is 5.80. The van der Waals surface area contributed by atoms with E-state index in [2.05, 4.69) is 31.0 Å². The Hall–Kier alpha value is -2.56. The van der Waals surface area contributed by atoms with E-state index in [-0.39, 0.29) is 5.91 Å². The van der Waals surface area contributed by atoms with Gasteiger partial charge >= 0.3 is 0 Å². The Morgan fingerprint density at radius 2 is 1.86 bits per heavy atom. The largest absolute Gasteiger partial charge is 0.496 e. The lowest BCUT2D eigenvalue weighted by Crippen LogP contribution is -2.38. The van der Waals surface area contributed by atoms with Crippen molar-refractivity contribution < 1.29 is 14.3 Å². The van der Waals surface area contributed by atoms with Gasteiger partial charge in [-0.1, -0.05) is 26.0 Å². The minimum atomic E-state index is -0.586. The van der Waals surface area contributed by atoms with Crippen LogP contribution < -0.4 is 9.47 Å². The molecule has 28 heavy (non-hydrogen) atoms. The summed E-state index contributed by atoms with van der Waals surface area (Å²) < 4.78 is 11.5. The molecule has 1 unspecified atom stereocenters. The van der Waals surface area contributed by atoms with Gasteiger partial charge in [0.15, 0.2) is 6.10 Å². The van der Waals surface area contributed by atoms with Crippen molar-refractivity contribution in [3.8, 4) is 11.5 Å². The summed E-state index contributed by atoms with van der Waals surface area (Å²) in [4.78, 5) is 19.0. The predicted molar refractivity (Wildman–Crippen MR) is 112 cm³/mol. The Morgan fingerprint density at radius 3 is 2.46 bits per heavy atom. The second kappa shape index (κ2) is 9.09. The monoisotopic (exact) mass is 384 g/mol. The number of amides is 1.